The second kappa shape index (κ2) is 44.5. The van der Waals surface area contributed by atoms with Crippen LogP contribution in [0.3, 0.4) is 0 Å². The number of phenolic OH excluding ortho intramolecular Hbond substituents is 3. The summed E-state index contributed by atoms with van der Waals surface area (Å²) in [6.07, 6.45) is 14.1. The maximum Gasteiger partial charge on any atom is 0.324 e. The van der Waals surface area contributed by atoms with Gasteiger partial charge in [0.05, 0.1) is 0 Å². The highest BCUT2D eigenvalue weighted by Crippen LogP contribution is 2.52. The molecule has 6 heterocycles. The summed E-state index contributed by atoms with van der Waals surface area (Å²) in [6, 6.07) is 11.8. The number of likely N-dealkylation sites (tertiary alicyclic amines) is 4. The van der Waals surface area contributed by atoms with E-state index in [9.17, 15) is 34.5 Å². The van der Waals surface area contributed by atoms with E-state index in [1.807, 2.05) is 71.0 Å². The lowest BCUT2D eigenvalue weighted by molar-refractivity contribution is -0.191. The summed E-state index contributed by atoms with van der Waals surface area (Å²) in [4.78, 5) is 99.1. The Hall–Kier alpha value is -6.36. The standard InChI is InChI=1S/C46H80N2O5.C40H70N4O3.C37H62N2O5/c1-18-21-22-46(27-32-25-35(40(4,5)6)37(49)36(26-32)41(7,8)9,38(50)52-33-28-42(10,11)47(23-19-2)43(12,13)29-33)39(51)53-34-30-44(14,15)48(24-20-3)45(16,17)31-34;1-16-17-18-40(32(46)41-27-22-36(8,9)43-37(10,11)23-27,33(47)42-28-24-38(12,13)44-39(14,15)25-28)21-26-19-29(34(2,3)4)31(45)30(20-26)35(5,6)7;1-16-37(19-25-17-24(2)29(40)28(18-25)32(3,4)5,30(41)43-26-20-33(6,7)38(14)34(8,9)21-26)31(42)44-27-22-35(10,11)39(15)36(12,13)23-27/h25-26,33-34,49H,18-24,27-31H2,1-17H3;19-20,27-28,43-45H,16-18,21-25H2,1-15H3,(H,41,46)(H,42,47);17-18,26-27,40H,16,19-23H2,1-15H3. The molecule has 6 aliphatic heterocycles. The summed E-state index contributed by atoms with van der Waals surface area (Å²) in [5.74, 6) is -1.50. The molecular weight excluding hydrogens is 1800 g/mol. The van der Waals surface area contributed by atoms with Gasteiger partial charge >= 0.3 is 23.9 Å². The van der Waals surface area contributed by atoms with Crippen molar-refractivity contribution in [2.75, 3.05) is 27.2 Å². The number of ether oxygens (including phenoxy) is 4. The van der Waals surface area contributed by atoms with Crippen molar-refractivity contribution in [3.8, 4) is 17.2 Å². The molecule has 21 nitrogen and oxygen atoms in total. The number of aromatic hydroxyl groups is 3. The van der Waals surface area contributed by atoms with Gasteiger partial charge in [-0.3, -0.25) is 48.4 Å². The molecule has 0 aliphatic carbocycles. The number of nitrogens with zero attached hydrogens (tertiary/aromatic N) is 4. The van der Waals surface area contributed by atoms with Gasteiger partial charge in [-0.15, -0.1) is 0 Å². The first kappa shape index (κ1) is 125. The van der Waals surface area contributed by atoms with Gasteiger partial charge in [0.25, 0.3) is 0 Å². The van der Waals surface area contributed by atoms with Crippen molar-refractivity contribution in [2.45, 2.75) is 596 Å². The van der Waals surface area contributed by atoms with Crippen LogP contribution in [0.2, 0.25) is 0 Å². The van der Waals surface area contributed by atoms with E-state index in [0.717, 1.165) is 121 Å². The number of benzene rings is 3. The van der Waals surface area contributed by atoms with Crippen LogP contribution in [0.4, 0.5) is 0 Å². The van der Waals surface area contributed by atoms with Gasteiger partial charge in [0.1, 0.15) is 47.1 Å². The normalized spacial score (nSPS) is 21.9. The van der Waals surface area contributed by atoms with Crippen molar-refractivity contribution in [3.05, 3.63) is 86.5 Å². The van der Waals surface area contributed by atoms with Crippen LogP contribution in [0.1, 0.15) is 490 Å². The fraction of sp³-hybridized carbons (Fsp3) is 0.805. The van der Waals surface area contributed by atoms with Gasteiger partial charge in [-0.2, -0.15) is 0 Å². The van der Waals surface area contributed by atoms with E-state index in [2.05, 4.69) is 332 Å². The third-order valence-corrected chi connectivity index (χ3v) is 33.6. The molecule has 9 rings (SSSR count). The third kappa shape index (κ3) is 30.1. The smallest absolute Gasteiger partial charge is 0.324 e. The number of carbonyl (C=O) groups excluding carboxylic acids is 6. The number of phenols is 3. The first-order chi connectivity index (χ1) is 65.0. The van der Waals surface area contributed by atoms with E-state index in [-0.39, 0.29) is 179 Å². The van der Waals surface area contributed by atoms with Crippen molar-refractivity contribution < 1.29 is 63.0 Å². The highest BCUT2D eigenvalue weighted by Gasteiger charge is 2.59. The molecule has 0 bridgehead atoms. The predicted molar refractivity (Wildman–Crippen MR) is 594 cm³/mol. The third-order valence-electron chi connectivity index (χ3n) is 33.6. The number of esters is 4. The molecule has 0 radical (unpaired) electrons. The molecule has 0 unspecified atom stereocenters. The number of hydrogen-bond donors (Lipinski definition) is 7. The molecule has 0 spiro atoms. The second-order valence-electron chi connectivity index (χ2n) is 58.6. The van der Waals surface area contributed by atoms with Crippen molar-refractivity contribution in [3.63, 3.8) is 0 Å². The average molecular weight is 2010 g/mol. The Kier molecular flexibility index (Phi) is 38.5. The summed E-state index contributed by atoms with van der Waals surface area (Å²) in [6.45, 7) is 98.5. The molecule has 3 aromatic carbocycles. The molecule has 7 N–H and O–H groups in total. The summed E-state index contributed by atoms with van der Waals surface area (Å²) < 4.78 is 26.1. The van der Waals surface area contributed by atoms with Crippen LogP contribution in [0.5, 0.6) is 17.2 Å². The first-order valence-corrected chi connectivity index (χ1v) is 55.6. The van der Waals surface area contributed by atoms with Gasteiger partial charge in [-0.25, -0.2) is 0 Å². The monoisotopic (exact) mass is 2010 g/mol. The summed E-state index contributed by atoms with van der Waals surface area (Å²) in [5, 5.41) is 48.4. The Labute approximate surface area is 877 Å². The van der Waals surface area contributed by atoms with Crippen LogP contribution in [0, 0.1) is 23.2 Å². The minimum atomic E-state index is -1.54. The molecule has 6 fully saturated rings. The highest BCUT2D eigenvalue weighted by atomic mass is 16.6. The Balaban J connectivity index is 0.000000294. The fourth-order valence-electron chi connectivity index (χ4n) is 26.7. The number of unbranched alkanes of at least 4 members (excludes halogenated alkanes) is 2. The van der Waals surface area contributed by atoms with Gasteiger partial charge in [-0.05, 0) is 354 Å². The van der Waals surface area contributed by atoms with E-state index in [0.29, 0.717) is 76.4 Å². The van der Waals surface area contributed by atoms with Crippen molar-refractivity contribution in [2.24, 2.45) is 16.2 Å². The second-order valence-corrected chi connectivity index (χ2v) is 58.6. The highest BCUT2D eigenvalue weighted by molar-refractivity contribution is 6.06. The van der Waals surface area contributed by atoms with Crippen LogP contribution in [-0.4, -0.2) is 201 Å². The zero-order valence-electron chi connectivity index (χ0n) is 101. The Morgan fingerprint density at radius 1 is 0.326 bits per heavy atom. The number of carbonyl (C=O) groups is 6. The number of nitrogens with one attached hydrogen (secondary N) is 4. The largest absolute Gasteiger partial charge is 0.507 e. The Morgan fingerprint density at radius 2 is 0.549 bits per heavy atom. The van der Waals surface area contributed by atoms with E-state index in [4.69, 9.17) is 18.9 Å². The summed E-state index contributed by atoms with van der Waals surface area (Å²) >= 11 is 0. The lowest BCUT2D eigenvalue weighted by atomic mass is 9.71. The lowest BCUT2D eigenvalue weighted by Crippen LogP contribution is -2.65. The van der Waals surface area contributed by atoms with E-state index in [1.54, 1.807) is 0 Å². The summed E-state index contributed by atoms with van der Waals surface area (Å²) in [7, 11) is 4.24. The topological polar surface area (TPSA) is 261 Å². The molecule has 2 amide bonds. The van der Waals surface area contributed by atoms with E-state index in [1.165, 1.54) is 0 Å². The molecular formula is C123H212N8O13. The van der Waals surface area contributed by atoms with Gasteiger partial charge < -0.3 is 55.5 Å². The predicted octanol–water partition coefficient (Wildman–Crippen LogP) is 25.5. The molecule has 0 saturated carbocycles. The van der Waals surface area contributed by atoms with E-state index >= 15 is 9.59 Å². The number of rotatable bonds is 29. The Morgan fingerprint density at radius 3 is 0.792 bits per heavy atom. The number of amides is 2. The van der Waals surface area contributed by atoms with Crippen LogP contribution in [0.15, 0.2) is 36.4 Å². The lowest BCUT2D eigenvalue weighted by Gasteiger charge is -2.55. The number of aryl methyl sites for hydroxylation is 1. The van der Waals surface area contributed by atoms with Crippen LogP contribution >= 0.6 is 0 Å². The minimum Gasteiger partial charge on any atom is -0.507 e. The molecule has 0 aromatic heterocycles. The van der Waals surface area contributed by atoms with Crippen molar-refractivity contribution in [1.82, 2.24) is 40.9 Å². The molecule has 6 aliphatic rings. The SMILES string of the molecule is CCC(Cc1cc(C)c(O)c(C(C)(C)C)c1)(C(=O)OC1CC(C)(C)N(C)C(C)(C)C1)C(=O)OC1CC(C)(C)N(C)C(C)(C)C1.CCCCC(Cc1cc(C(C)(C)C)c(O)c(C(C)(C)C)c1)(C(=O)NC1CC(C)(C)NC(C)(C)C1)C(=O)NC1CC(C)(C)NC(C)(C)C1.CCCCC(Cc1cc(C(C)(C)C)c(O)c(C(C)(C)C)c1)(C(=O)OC1CC(C)(C)N(CCC)C(C)(C)C1)C(=O)OC1CC(C)(C)N(CCC)C(C)(C)C1. The van der Waals surface area contributed by atoms with Crippen LogP contribution in [0.25, 0.3) is 0 Å². The molecule has 6 saturated heterocycles. The molecule has 21 heteroatoms. The van der Waals surface area contributed by atoms with E-state index < -0.39 is 40.1 Å². The zero-order valence-corrected chi connectivity index (χ0v) is 101. The first-order valence-electron chi connectivity index (χ1n) is 55.6. The van der Waals surface area contributed by atoms with Crippen molar-refractivity contribution >= 4 is 35.7 Å². The van der Waals surface area contributed by atoms with Gasteiger partial charge in [0.15, 0.2) is 10.8 Å². The molecule has 822 valence electrons. The molecule has 144 heavy (non-hydrogen) atoms. The maximum absolute atomic E-state index is 15.2. The van der Waals surface area contributed by atoms with Gasteiger partial charge in [0.2, 0.25) is 11.8 Å². The fourth-order valence-corrected chi connectivity index (χ4v) is 26.7. The number of hydrogen-bond acceptors (Lipinski definition) is 19. The van der Waals surface area contributed by atoms with Crippen molar-refractivity contribution in [1.29, 1.82) is 0 Å². The molecule has 0 atom stereocenters. The number of piperidine rings is 6. The average Bonchev–Trinajstić information content (AvgIpc) is 0.789. The molecule has 3 aromatic rings. The zero-order chi connectivity index (χ0) is 110. The maximum atomic E-state index is 15.2. The van der Waals surface area contributed by atoms with Gasteiger partial charge in [0, 0.05) is 130 Å². The quantitative estimate of drug-likeness (QED) is 0.0194. The van der Waals surface area contributed by atoms with Crippen LogP contribution in [-0.2, 0) is 94.1 Å². The van der Waals surface area contributed by atoms with Gasteiger partial charge in [-0.1, -0.05) is 201 Å². The van der Waals surface area contributed by atoms with Crippen LogP contribution < -0.4 is 21.3 Å². The minimum absolute atomic E-state index is 0.0608. The Bertz CT molecular complexity index is 4580. The summed E-state index contributed by atoms with van der Waals surface area (Å²) in [5.41, 5.74) is -0.723.